The van der Waals surface area contributed by atoms with Crippen LogP contribution >= 0.6 is 25.0 Å². The Hall–Kier alpha value is -0.770. The third-order valence-electron chi connectivity index (χ3n) is 1.19. The zero-order valence-corrected chi connectivity index (χ0v) is 9.09. The van der Waals surface area contributed by atoms with E-state index in [1.165, 1.54) is 0 Å². The molecule has 0 aliphatic heterocycles. The summed E-state index contributed by atoms with van der Waals surface area (Å²) in [6, 6.07) is 0. The van der Waals surface area contributed by atoms with Gasteiger partial charge in [-0.1, -0.05) is 0 Å². The van der Waals surface area contributed by atoms with Crippen molar-refractivity contribution in [3.8, 4) is 0 Å². The first kappa shape index (κ1) is 29.9. The largest absolute Gasteiger partial charge is 0.269 e. The highest BCUT2D eigenvalue weighted by Gasteiger charge is 2.23. The van der Waals surface area contributed by atoms with Crippen LogP contribution in [0.3, 0.4) is 0 Å². The number of benzene rings is 1. The van der Waals surface area contributed by atoms with Crippen molar-refractivity contribution < 1.29 is 40.8 Å². The van der Waals surface area contributed by atoms with Gasteiger partial charge in [0, 0.05) is 0 Å². The van der Waals surface area contributed by atoms with Crippen molar-refractivity contribution in [1.82, 2.24) is 0 Å². The summed E-state index contributed by atoms with van der Waals surface area (Å²) in [7, 11) is 0. The third kappa shape index (κ3) is 4.94. The summed E-state index contributed by atoms with van der Waals surface area (Å²) >= 11 is 3.10. The van der Waals surface area contributed by atoms with Crippen LogP contribution in [-0.2, 0) is 0 Å². The van der Waals surface area contributed by atoms with Crippen molar-refractivity contribution in [2.24, 2.45) is 0 Å². The number of rotatable bonds is 0. The summed E-state index contributed by atoms with van der Waals surface area (Å²) in [5.41, 5.74) is 0. The van der Waals surface area contributed by atoms with Gasteiger partial charge in [0.1, 0.15) is 0 Å². The second-order valence-electron chi connectivity index (χ2n) is 1.92. The highest BCUT2D eigenvalue weighted by atomic mass is 35.5. The molecule has 0 nitrogen and oxygen atoms in total. The van der Waals surface area contributed by atoms with Crippen LogP contribution in [0.15, 0.2) is 4.90 Å². The lowest BCUT2D eigenvalue weighted by Gasteiger charge is -2.01. The van der Waals surface area contributed by atoms with Crippen molar-refractivity contribution in [3.63, 3.8) is 0 Å². The highest BCUT2D eigenvalue weighted by molar-refractivity contribution is 7.80. The molecule has 0 heterocycles. The third-order valence-corrected chi connectivity index (χ3v) is 1.58. The first-order valence-corrected chi connectivity index (χ1v) is 3.12. The molecule has 17 heavy (non-hydrogen) atoms. The Morgan fingerprint density at radius 3 is 0.941 bits per heavy atom. The Balaban J connectivity index is -0.0000000960. The lowest BCUT2D eigenvalue weighted by Crippen LogP contribution is -2.01. The van der Waals surface area contributed by atoms with E-state index in [0.717, 1.165) is 0 Å². The molecule has 0 radical (unpaired) electrons. The molecule has 0 spiro atoms. The molecular formula is C6H6ClF9S. The van der Waals surface area contributed by atoms with Gasteiger partial charge in [-0.25, -0.2) is 22.0 Å². The fourth-order valence-corrected chi connectivity index (χ4v) is 0.790. The zero-order chi connectivity index (χ0) is 9.46. The van der Waals surface area contributed by atoms with Crippen LogP contribution < -0.4 is 0 Å². The van der Waals surface area contributed by atoms with E-state index in [0.29, 0.717) is 0 Å². The fraction of sp³-hybridized carbons (Fsp3) is 0. The molecule has 1 aromatic rings. The van der Waals surface area contributed by atoms with Crippen molar-refractivity contribution >= 4 is 25.0 Å². The molecule has 0 aliphatic carbocycles. The quantitative estimate of drug-likeness (QED) is 0.321. The molecule has 0 bridgehead atoms. The van der Waals surface area contributed by atoms with E-state index >= 15 is 0 Å². The smallest absolute Gasteiger partial charge is 0.200 e. The molecule has 106 valence electrons. The Kier molecular flexibility index (Phi) is 18.2. The molecule has 0 fully saturated rings. The maximum Gasteiger partial charge on any atom is 0.200 e. The lowest BCUT2D eigenvalue weighted by molar-refractivity contribution is 0.361. The summed E-state index contributed by atoms with van der Waals surface area (Å²) in [5, 5.41) is 0. The molecule has 0 unspecified atom stereocenters. The molecule has 11 heteroatoms. The predicted molar refractivity (Wildman–Crippen MR) is 50.7 cm³/mol. The maximum atomic E-state index is 12.3. The molecule has 0 N–H and O–H groups in total. The first-order valence-electron chi connectivity index (χ1n) is 2.67. The summed E-state index contributed by atoms with van der Waals surface area (Å²) in [4.78, 5) is -1.17. The molecule has 0 aromatic heterocycles. The van der Waals surface area contributed by atoms with Gasteiger partial charge in [-0.05, 0) is 0 Å². The highest BCUT2D eigenvalue weighted by Crippen LogP contribution is 2.24. The van der Waals surface area contributed by atoms with Crippen LogP contribution in [0.25, 0.3) is 0 Å². The van der Waals surface area contributed by atoms with E-state index in [1.807, 2.05) is 0 Å². The van der Waals surface area contributed by atoms with Crippen molar-refractivity contribution in [2.75, 3.05) is 0 Å². The molecular weight excluding hydrogens is 311 g/mol. The second-order valence-corrected chi connectivity index (χ2v) is 2.37. The summed E-state index contributed by atoms with van der Waals surface area (Å²) < 4.78 is 61.3. The van der Waals surface area contributed by atoms with Crippen LogP contribution in [0.5, 0.6) is 0 Å². The molecule has 0 atom stereocenters. The average Bonchev–Trinajstić information content (AvgIpc) is 2.08. The summed E-state index contributed by atoms with van der Waals surface area (Å²) in [6.07, 6.45) is 0. The van der Waals surface area contributed by atoms with Gasteiger partial charge in [0.2, 0.25) is 5.82 Å². The maximum absolute atomic E-state index is 12.3. The molecule has 1 rings (SSSR count). The molecule has 0 amide bonds. The number of hydrogen-bond donors (Lipinski definition) is 1. The molecule has 0 saturated heterocycles. The van der Waals surface area contributed by atoms with Crippen LogP contribution in [0.2, 0.25) is 0 Å². The van der Waals surface area contributed by atoms with Gasteiger partial charge in [-0.2, -0.15) is 0 Å². The van der Waals surface area contributed by atoms with Gasteiger partial charge >= 0.3 is 0 Å². The fourth-order valence-electron chi connectivity index (χ4n) is 0.593. The predicted octanol–water partition coefficient (Wildman–Crippen LogP) is 3.70. The summed E-state index contributed by atoms with van der Waals surface area (Å²) in [5.74, 6) is -10.00. The Bertz CT molecular complexity index is 240. The van der Waals surface area contributed by atoms with Crippen molar-refractivity contribution in [1.29, 1.82) is 0 Å². The number of hydrogen-bond acceptors (Lipinski definition) is 1. The van der Waals surface area contributed by atoms with Gasteiger partial charge in [0.25, 0.3) is 0 Å². The Morgan fingerprint density at radius 2 is 0.706 bits per heavy atom. The molecule has 0 saturated carbocycles. The lowest BCUT2D eigenvalue weighted by atomic mass is 10.3. The minimum absolute atomic E-state index is 0. The van der Waals surface area contributed by atoms with Crippen LogP contribution in [0.4, 0.5) is 40.8 Å². The van der Waals surface area contributed by atoms with Gasteiger partial charge in [0.15, 0.2) is 23.3 Å². The Labute approximate surface area is 100 Å². The van der Waals surface area contributed by atoms with E-state index in [2.05, 4.69) is 12.6 Å². The van der Waals surface area contributed by atoms with Crippen LogP contribution in [-0.4, -0.2) is 0 Å². The monoisotopic (exact) mass is 316 g/mol. The number of thiol groups is 1. The Morgan fingerprint density at radius 1 is 0.529 bits per heavy atom. The zero-order valence-electron chi connectivity index (χ0n) is 7.38. The van der Waals surface area contributed by atoms with E-state index in [4.69, 9.17) is 0 Å². The van der Waals surface area contributed by atoms with Crippen LogP contribution in [0.1, 0.15) is 0 Å². The van der Waals surface area contributed by atoms with Gasteiger partial charge in [-0.15, -0.1) is 25.0 Å². The van der Waals surface area contributed by atoms with E-state index < -0.39 is 34.0 Å². The van der Waals surface area contributed by atoms with Gasteiger partial charge in [-0.3, -0.25) is 18.8 Å². The van der Waals surface area contributed by atoms with Crippen molar-refractivity contribution in [3.05, 3.63) is 29.1 Å². The SMILES string of the molecule is Cl.F.F.F.F.Fc1c(F)c(F)c(S)c(F)c1F. The van der Waals surface area contributed by atoms with E-state index in [-0.39, 0.29) is 31.2 Å². The summed E-state index contributed by atoms with van der Waals surface area (Å²) in [6.45, 7) is 0. The molecule has 0 aliphatic rings. The standard InChI is InChI=1S/C6HF5S.ClH.4FH/c7-1-2(8)4(10)6(12)5(11)3(1)9;;;;;/h12H;5*1H. The topological polar surface area (TPSA) is 0 Å². The minimum atomic E-state index is -2.18. The first-order chi connectivity index (χ1) is 5.46. The number of halogens is 10. The average molecular weight is 317 g/mol. The van der Waals surface area contributed by atoms with Crippen molar-refractivity contribution in [2.45, 2.75) is 4.90 Å². The second kappa shape index (κ2) is 10.4. The van der Waals surface area contributed by atoms with E-state index in [1.54, 1.807) is 0 Å². The normalized spacial score (nSPS) is 7.41. The van der Waals surface area contributed by atoms with Gasteiger partial charge in [0.05, 0.1) is 4.90 Å². The minimum Gasteiger partial charge on any atom is -0.269 e. The van der Waals surface area contributed by atoms with Crippen LogP contribution in [0, 0.1) is 29.1 Å². The molecule has 1 aromatic carbocycles. The van der Waals surface area contributed by atoms with Gasteiger partial charge < -0.3 is 0 Å². The van der Waals surface area contributed by atoms with E-state index in [9.17, 15) is 22.0 Å².